The molecule has 4 atom stereocenters. The molecule has 3 heterocycles. The van der Waals surface area contributed by atoms with Crippen LogP contribution in [0.4, 0.5) is 5.13 Å². The minimum absolute atomic E-state index is 0.0436. The molecule has 2 aliphatic rings. The maximum Gasteiger partial charge on any atom is 0.225 e. The van der Waals surface area contributed by atoms with Gasteiger partial charge in [0.05, 0.1) is 5.92 Å². The van der Waals surface area contributed by atoms with Gasteiger partial charge in [-0.3, -0.25) is 9.36 Å². The highest BCUT2D eigenvalue weighted by Gasteiger charge is 2.32. The van der Waals surface area contributed by atoms with E-state index in [1.165, 1.54) is 12.8 Å². The largest absolute Gasteiger partial charge is 0.353 e. The van der Waals surface area contributed by atoms with Crippen LogP contribution in [-0.4, -0.2) is 39.8 Å². The van der Waals surface area contributed by atoms with Crippen LogP contribution in [0, 0.1) is 17.8 Å². The summed E-state index contributed by atoms with van der Waals surface area (Å²) in [6, 6.07) is 4.30. The van der Waals surface area contributed by atoms with Gasteiger partial charge < -0.3 is 10.2 Å². The lowest BCUT2D eigenvalue weighted by atomic mass is 9.78. The van der Waals surface area contributed by atoms with Crippen molar-refractivity contribution in [1.29, 1.82) is 0 Å². The van der Waals surface area contributed by atoms with Crippen LogP contribution in [0.2, 0.25) is 0 Å². The molecule has 0 aromatic carbocycles. The number of carbonyl (C=O) groups is 1. The Bertz CT molecular complexity index is 758. The summed E-state index contributed by atoms with van der Waals surface area (Å²) >= 11 is 1.58. The van der Waals surface area contributed by atoms with Crippen molar-refractivity contribution >= 4 is 22.4 Å². The van der Waals surface area contributed by atoms with E-state index in [0.717, 1.165) is 42.6 Å². The van der Waals surface area contributed by atoms with Crippen LogP contribution in [0.1, 0.15) is 46.0 Å². The van der Waals surface area contributed by atoms with Gasteiger partial charge in [0.25, 0.3) is 0 Å². The number of amides is 1. The minimum Gasteiger partial charge on any atom is -0.353 e. The fraction of sp³-hybridized carbons (Fsp3) is 0.650. The molecule has 1 amide bonds. The van der Waals surface area contributed by atoms with Gasteiger partial charge in [-0.15, -0.1) is 10.2 Å². The van der Waals surface area contributed by atoms with Crippen molar-refractivity contribution < 1.29 is 4.79 Å². The van der Waals surface area contributed by atoms with Gasteiger partial charge in [0, 0.05) is 31.5 Å². The molecule has 2 aromatic heterocycles. The number of hydrogen-bond donors (Lipinski definition) is 1. The molecule has 4 rings (SSSR count). The molecule has 0 radical (unpaired) electrons. The Labute approximate surface area is 165 Å². The van der Waals surface area contributed by atoms with E-state index in [1.54, 1.807) is 11.3 Å². The van der Waals surface area contributed by atoms with Crippen LogP contribution in [0.15, 0.2) is 24.5 Å². The lowest BCUT2D eigenvalue weighted by Crippen LogP contribution is -2.49. The second-order valence-electron chi connectivity index (χ2n) is 8.13. The van der Waals surface area contributed by atoms with Gasteiger partial charge in [-0.1, -0.05) is 38.0 Å². The predicted octanol–water partition coefficient (Wildman–Crippen LogP) is 3.49. The number of carbonyl (C=O) groups excluding carboxylic acids is 1. The van der Waals surface area contributed by atoms with Gasteiger partial charge in [-0.05, 0) is 43.2 Å². The van der Waals surface area contributed by atoms with Crippen LogP contribution < -0.4 is 10.2 Å². The molecular formula is C20H29N5OS. The number of anilines is 1. The van der Waals surface area contributed by atoms with Crippen LogP contribution in [0.3, 0.4) is 0 Å². The lowest BCUT2D eigenvalue weighted by molar-refractivity contribution is -0.126. The third-order valence-corrected chi connectivity index (χ3v) is 7.32. The number of hydrogen-bond acceptors (Lipinski definition) is 5. The van der Waals surface area contributed by atoms with Gasteiger partial charge in [0.1, 0.15) is 0 Å². The monoisotopic (exact) mass is 387 g/mol. The quantitative estimate of drug-likeness (QED) is 0.872. The molecule has 27 heavy (non-hydrogen) atoms. The van der Waals surface area contributed by atoms with Gasteiger partial charge in [-0.2, -0.15) is 0 Å². The lowest BCUT2D eigenvalue weighted by Gasteiger charge is -2.37. The number of rotatable bonds is 4. The van der Waals surface area contributed by atoms with Crippen molar-refractivity contribution in [2.75, 3.05) is 18.0 Å². The zero-order valence-electron chi connectivity index (χ0n) is 16.2. The molecule has 6 nitrogen and oxygen atoms in total. The van der Waals surface area contributed by atoms with E-state index in [-0.39, 0.29) is 11.8 Å². The Kier molecular flexibility index (Phi) is 5.48. The molecule has 0 unspecified atom stereocenters. The first-order chi connectivity index (χ1) is 13.1. The van der Waals surface area contributed by atoms with E-state index in [9.17, 15) is 4.79 Å². The molecule has 0 bridgehead atoms. The molecule has 2 fully saturated rings. The Morgan fingerprint density at radius 1 is 1.11 bits per heavy atom. The second-order valence-corrected chi connectivity index (χ2v) is 9.06. The Morgan fingerprint density at radius 2 is 1.89 bits per heavy atom. The standard InChI is InChI=1S/C20H29N5OS/c1-14-7-5-9-17(15(14)2)21-18(26)16-8-6-12-25(13-16)20-23-22-19(27-20)24-10-3-4-11-24/h3-4,10-11,14-17H,5-9,12-13H2,1-2H3,(H,21,26)/t14-,15+,16+,17+/m1/s1. The summed E-state index contributed by atoms with van der Waals surface area (Å²) in [5, 5.41) is 13.8. The first kappa shape index (κ1) is 18.5. The van der Waals surface area contributed by atoms with Crippen LogP contribution in [-0.2, 0) is 4.79 Å². The summed E-state index contributed by atoms with van der Waals surface area (Å²) in [7, 11) is 0. The highest BCUT2D eigenvalue weighted by atomic mass is 32.1. The average Bonchev–Trinajstić information content (AvgIpc) is 3.37. The zero-order valence-corrected chi connectivity index (χ0v) is 17.0. The van der Waals surface area contributed by atoms with Gasteiger partial charge in [0.15, 0.2) is 0 Å². The molecule has 146 valence electrons. The summed E-state index contributed by atoms with van der Waals surface area (Å²) in [5.41, 5.74) is 0. The predicted molar refractivity (Wildman–Crippen MR) is 108 cm³/mol. The molecule has 1 N–H and O–H groups in total. The fourth-order valence-electron chi connectivity index (χ4n) is 4.35. The Hall–Kier alpha value is -1.89. The highest BCUT2D eigenvalue weighted by molar-refractivity contribution is 7.17. The van der Waals surface area contributed by atoms with Crippen molar-refractivity contribution in [2.45, 2.75) is 52.0 Å². The smallest absolute Gasteiger partial charge is 0.225 e. The van der Waals surface area contributed by atoms with E-state index >= 15 is 0 Å². The fourth-order valence-corrected chi connectivity index (χ4v) is 5.20. The second kappa shape index (κ2) is 8.00. The average molecular weight is 388 g/mol. The summed E-state index contributed by atoms with van der Waals surface area (Å²) in [6.45, 7) is 6.28. The molecular weight excluding hydrogens is 358 g/mol. The number of nitrogens with one attached hydrogen (secondary N) is 1. The van der Waals surface area contributed by atoms with Crippen molar-refractivity contribution in [2.24, 2.45) is 17.8 Å². The molecule has 1 saturated heterocycles. The maximum atomic E-state index is 12.9. The van der Waals surface area contributed by atoms with Gasteiger partial charge in [0.2, 0.25) is 16.2 Å². The van der Waals surface area contributed by atoms with Crippen molar-refractivity contribution in [3.05, 3.63) is 24.5 Å². The number of nitrogens with zero attached hydrogens (tertiary/aromatic N) is 4. The first-order valence-electron chi connectivity index (χ1n) is 10.1. The van der Waals surface area contributed by atoms with Crippen molar-refractivity contribution in [3.8, 4) is 5.13 Å². The van der Waals surface area contributed by atoms with E-state index in [2.05, 4.69) is 34.3 Å². The normalized spacial score (nSPS) is 28.9. The maximum absolute atomic E-state index is 12.9. The molecule has 0 spiro atoms. The molecule has 7 heteroatoms. The Morgan fingerprint density at radius 3 is 2.70 bits per heavy atom. The third kappa shape index (κ3) is 4.03. The topological polar surface area (TPSA) is 63.1 Å². The summed E-state index contributed by atoms with van der Waals surface area (Å²) in [5.74, 6) is 1.53. The van der Waals surface area contributed by atoms with E-state index < -0.39 is 0 Å². The number of aromatic nitrogens is 3. The third-order valence-electron chi connectivity index (χ3n) is 6.33. The highest BCUT2D eigenvalue weighted by Crippen LogP contribution is 2.31. The van der Waals surface area contributed by atoms with Crippen molar-refractivity contribution in [1.82, 2.24) is 20.1 Å². The van der Waals surface area contributed by atoms with E-state index in [0.29, 0.717) is 17.9 Å². The van der Waals surface area contributed by atoms with Crippen molar-refractivity contribution in [3.63, 3.8) is 0 Å². The van der Waals surface area contributed by atoms with Crippen LogP contribution >= 0.6 is 11.3 Å². The Balaban J connectivity index is 1.38. The van der Waals surface area contributed by atoms with Crippen LogP contribution in [0.5, 0.6) is 0 Å². The summed E-state index contributed by atoms with van der Waals surface area (Å²) in [6.07, 6.45) is 9.55. The molecule has 1 aliphatic carbocycles. The summed E-state index contributed by atoms with van der Waals surface area (Å²) in [4.78, 5) is 15.1. The molecule has 2 aromatic rings. The van der Waals surface area contributed by atoms with Crippen LogP contribution in [0.25, 0.3) is 5.13 Å². The van der Waals surface area contributed by atoms with E-state index in [1.807, 2.05) is 29.1 Å². The zero-order chi connectivity index (χ0) is 18.8. The van der Waals surface area contributed by atoms with Gasteiger partial charge in [-0.25, -0.2) is 0 Å². The summed E-state index contributed by atoms with van der Waals surface area (Å²) < 4.78 is 1.97. The molecule has 1 saturated carbocycles. The number of piperidine rings is 1. The minimum atomic E-state index is 0.0436. The first-order valence-corrected chi connectivity index (χ1v) is 11.0. The van der Waals surface area contributed by atoms with E-state index in [4.69, 9.17) is 0 Å². The molecule has 1 aliphatic heterocycles. The SMILES string of the molecule is C[C@H]1[C@H](C)CCC[C@@H]1NC(=O)[C@H]1CCCN(c2nnc(-n3cccc3)s2)C1. The van der Waals surface area contributed by atoms with Gasteiger partial charge >= 0.3 is 0 Å².